The second kappa shape index (κ2) is 12.7. The second-order valence-electron chi connectivity index (χ2n) is 8.05. The van der Waals surface area contributed by atoms with Crippen LogP contribution in [0.15, 0.2) is 24.5 Å². The van der Waals surface area contributed by atoms with Crippen LogP contribution >= 0.6 is 0 Å². The van der Waals surface area contributed by atoms with E-state index < -0.39 is 0 Å². The average molecular weight is 367 g/mol. The van der Waals surface area contributed by atoms with Crippen LogP contribution < -0.4 is 12.4 Å². The van der Waals surface area contributed by atoms with Crippen molar-refractivity contribution in [2.75, 3.05) is 20.1 Å². The molecule has 25 heavy (non-hydrogen) atoms. The van der Waals surface area contributed by atoms with Crippen LogP contribution in [0.25, 0.3) is 0 Å². The SMILES string of the molecule is CCCCCCCCCCCC[N+]1(C)CCCC1c1cccnc1.[Cl-]. The first-order chi connectivity index (χ1) is 11.8. The summed E-state index contributed by atoms with van der Waals surface area (Å²) in [5.74, 6) is 0. The number of unbranched alkanes of at least 4 members (excludes halogenated alkanes) is 9. The van der Waals surface area contributed by atoms with Crippen LogP contribution in [0.1, 0.15) is 95.6 Å². The van der Waals surface area contributed by atoms with E-state index >= 15 is 0 Å². The third-order valence-electron chi connectivity index (χ3n) is 5.99. The predicted octanol–water partition coefficient (Wildman–Crippen LogP) is 3.29. The van der Waals surface area contributed by atoms with E-state index in [2.05, 4.69) is 37.3 Å². The zero-order valence-corrected chi connectivity index (χ0v) is 17.3. The number of halogens is 1. The van der Waals surface area contributed by atoms with Gasteiger partial charge in [-0.05, 0) is 18.9 Å². The van der Waals surface area contributed by atoms with Gasteiger partial charge < -0.3 is 16.9 Å². The fourth-order valence-electron chi connectivity index (χ4n) is 4.44. The van der Waals surface area contributed by atoms with Crippen LogP contribution in [-0.4, -0.2) is 29.6 Å². The van der Waals surface area contributed by atoms with Crippen molar-refractivity contribution in [2.24, 2.45) is 0 Å². The Bertz CT molecular complexity index is 437. The van der Waals surface area contributed by atoms with Gasteiger partial charge in [0.2, 0.25) is 0 Å². The number of quaternary nitrogens is 1. The fraction of sp³-hybridized carbons (Fsp3) is 0.773. The van der Waals surface area contributed by atoms with Gasteiger partial charge in [-0.2, -0.15) is 0 Å². The minimum atomic E-state index is 0. The average Bonchev–Trinajstić information content (AvgIpc) is 2.99. The van der Waals surface area contributed by atoms with Gasteiger partial charge in [-0.15, -0.1) is 0 Å². The number of nitrogens with zero attached hydrogens (tertiary/aromatic N) is 2. The summed E-state index contributed by atoms with van der Waals surface area (Å²) in [5.41, 5.74) is 1.45. The molecule has 2 heterocycles. The Balaban J connectivity index is 0.00000312. The third-order valence-corrected chi connectivity index (χ3v) is 5.99. The highest BCUT2D eigenvalue weighted by molar-refractivity contribution is 5.12. The van der Waals surface area contributed by atoms with E-state index in [9.17, 15) is 0 Å². The van der Waals surface area contributed by atoms with Crippen molar-refractivity contribution in [3.8, 4) is 0 Å². The molecule has 2 atom stereocenters. The molecule has 2 unspecified atom stereocenters. The van der Waals surface area contributed by atoms with Crippen molar-refractivity contribution in [1.29, 1.82) is 0 Å². The molecule has 1 aliphatic rings. The summed E-state index contributed by atoms with van der Waals surface area (Å²) >= 11 is 0. The summed E-state index contributed by atoms with van der Waals surface area (Å²) in [4.78, 5) is 4.34. The zero-order chi connectivity index (χ0) is 17.1. The summed E-state index contributed by atoms with van der Waals surface area (Å²) in [7, 11) is 2.47. The first-order valence-corrected chi connectivity index (χ1v) is 10.5. The smallest absolute Gasteiger partial charge is 0.116 e. The summed E-state index contributed by atoms with van der Waals surface area (Å²) in [6.45, 7) is 4.98. The maximum absolute atomic E-state index is 4.34. The molecule has 1 saturated heterocycles. The molecule has 2 rings (SSSR count). The van der Waals surface area contributed by atoms with Crippen LogP contribution in [0.3, 0.4) is 0 Å². The molecule has 1 fully saturated rings. The molecule has 1 aliphatic heterocycles. The Hall–Kier alpha value is -0.600. The van der Waals surface area contributed by atoms with Gasteiger partial charge in [0.1, 0.15) is 6.04 Å². The van der Waals surface area contributed by atoms with Gasteiger partial charge >= 0.3 is 0 Å². The van der Waals surface area contributed by atoms with Crippen molar-refractivity contribution in [1.82, 2.24) is 4.98 Å². The van der Waals surface area contributed by atoms with Gasteiger partial charge in [-0.25, -0.2) is 0 Å². The largest absolute Gasteiger partial charge is 1.00 e. The topological polar surface area (TPSA) is 12.9 Å². The van der Waals surface area contributed by atoms with Gasteiger partial charge in [0.25, 0.3) is 0 Å². The minimum Gasteiger partial charge on any atom is -1.00 e. The fourth-order valence-corrected chi connectivity index (χ4v) is 4.44. The number of hydrogen-bond donors (Lipinski definition) is 0. The van der Waals surface area contributed by atoms with Crippen molar-refractivity contribution < 1.29 is 16.9 Å². The summed E-state index contributed by atoms with van der Waals surface area (Å²) < 4.78 is 1.24. The molecular formula is C22H39ClN2. The van der Waals surface area contributed by atoms with Gasteiger partial charge in [0.15, 0.2) is 0 Å². The predicted molar refractivity (Wildman–Crippen MR) is 104 cm³/mol. The maximum atomic E-state index is 4.34. The van der Waals surface area contributed by atoms with Crippen LogP contribution in [0.4, 0.5) is 0 Å². The molecule has 0 aliphatic carbocycles. The highest BCUT2D eigenvalue weighted by atomic mass is 35.5. The summed E-state index contributed by atoms with van der Waals surface area (Å²) in [6, 6.07) is 5.05. The Kier molecular flexibility index (Phi) is 11.4. The number of likely N-dealkylation sites (tertiary alicyclic amines) is 1. The number of rotatable bonds is 12. The lowest BCUT2D eigenvalue weighted by atomic mass is 10.0. The van der Waals surface area contributed by atoms with E-state index in [1.165, 1.54) is 100 Å². The summed E-state index contributed by atoms with van der Waals surface area (Å²) in [5, 5.41) is 0. The van der Waals surface area contributed by atoms with Crippen molar-refractivity contribution in [2.45, 2.75) is 90.0 Å². The van der Waals surface area contributed by atoms with Crippen molar-refractivity contribution in [3.05, 3.63) is 30.1 Å². The standard InChI is InChI=1S/C22H39N2.ClH/c1-3-4-5-6-7-8-9-10-11-12-18-24(2)19-14-16-22(24)21-15-13-17-23-20-21;/h13,15,17,20,22H,3-12,14,16,18-19H2,1-2H3;1H/q+1;/p-1. The van der Waals surface area contributed by atoms with Gasteiger partial charge in [0, 0.05) is 30.8 Å². The zero-order valence-electron chi connectivity index (χ0n) is 16.6. The molecule has 2 nitrogen and oxygen atoms in total. The molecule has 1 aromatic rings. The first kappa shape index (κ1) is 22.4. The van der Waals surface area contributed by atoms with E-state index in [-0.39, 0.29) is 12.4 Å². The van der Waals surface area contributed by atoms with E-state index in [4.69, 9.17) is 0 Å². The molecule has 144 valence electrons. The quantitative estimate of drug-likeness (QED) is 0.408. The number of aromatic nitrogens is 1. The van der Waals surface area contributed by atoms with Gasteiger partial charge in [-0.3, -0.25) is 4.98 Å². The maximum Gasteiger partial charge on any atom is 0.116 e. The Morgan fingerprint density at radius 3 is 2.24 bits per heavy atom. The van der Waals surface area contributed by atoms with E-state index in [1.807, 2.05) is 6.20 Å². The Labute approximate surface area is 162 Å². The molecule has 0 spiro atoms. The van der Waals surface area contributed by atoms with Gasteiger partial charge in [0.05, 0.1) is 20.1 Å². The molecule has 1 aromatic heterocycles. The Morgan fingerprint density at radius 2 is 1.64 bits per heavy atom. The third kappa shape index (κ3) is 7.66. The lowest BCUT2D eigenvalue weighted by molar-refractivity contribution is -0.927. The Morgan fingerprint density at radius 1 is 1.00 bits per heavy atom. The normalized spacial score (nSPS) is 22.7. The van der Waals surface area contributed by atoms with Crippen molar-refractivity contribution in [3.63, 3.8) is 0 Å². The highest BCUT2D eigenvalue weighted by Gasteiger charge is 2.38. The molecule has 0 aromatic carbocycles. The number of pyridine rings is 1. The molecule has 3 heteroatoms. The molecular weight excluding hydrogens is 328 g/mol. The second-order valence-corrected chi connectivity index (χ2v) is 8.05. The molecule has 0 radical (unpaired) electrons. The van der Waals surface area contributed by atoms with E-state index in [1.54, 1.807) is 0 Å². The molecule has 0 amide bonds. The summed E-state index contributed by atoms with van der Waals surface area (Å²) in [6.07, 6.45) is 21.0. The lowest BCUT2D eigenvalue weighted by Gasteiger charge is -2.36. The van der Waals surface area contributed by atoms with Gasteiger partial charge in [-0.1, -0.05) is 64.4 Å². The first-order valence-electron chi connectivity index (χ1n) is 10.5. The van der Waals surface area contributed by atoms with Crippen molar-refractivity contribution >= 4 is 0 Å². The molecule has 0 N–H and O–H groups in total. The molecule has 0 bridgehead atoms. The monoisotopic (exact) mass is 366 g/mol. The van der Waals surface area contributed by atoms with Crippen LogP contribution in [0.5, 0.6) is 0 Å². The van der Waals surface area contributed by atoms with Crippen LogP contribution in [-0.2, 0) is 0 Å². The number of hydrogen-bond acceptors (Lipinski definition) is 1. The minimum absolute atomic E-state index is 0. The van der Waals surface area contributed by atoms with Crippen LogP contribution in [0, 0.1) is 0 Å². The van der Waals surface area contributed by atoms with Crippen LogP contribution in [0.2, 0.25) is 0 Å². The highest BCUT2D eigenvalue weighted by Crippen LogP contribution is 2.37. The molecule has 0 saturated carbocycles. The lowest BCUT2D eigenvalue weighted by Crippen LogP contribution is -3.00. The van der Waals surface area contributed by atoms with E-state index in [0.717, 1.165) is 0 Å². The van der Waals surface area contributed by atoms with E-state index in [0.29, 0.717) is 6.04 Å².